The fourth-order valence-electron chi connectivity index (χ4n) is 2.16. The van der Waals surface area contributed by atoms with Gasteiger partial charge in [-0.05, 0) is 50.6 Å². The van der Waals surface area contributed by atoms with Crippen molar-refractivity contribution >= 4 is 0 Å². The molecule has 3 nitrogen and oxygen atoms in total. The first-order chi connectivity index (χ1) is 13.1. The Morgan fingerprint density at radius 1 is 0.852 bits per heavy atom. The van der Waals surface area contributed by atoms with E-state index in [0.717, 1.165) is 17.1 Å². The van der Waals surface area contributed by atoms with Gasteiger partial charge >= 0.3 is 0 Å². The molecule has 1 atom stereocenters. The second-order valence-corrected chi connectivity index (χ2v) is 5.52. The minimum absolute atomic E-state index is 0.00444. The van der Waals surface area contributed by atoms with E-state index in [1.807, 2.05) is 103 Å². The number of nitrogens with zero attached hydrogens (tertiary/aromatic N) is 1. The van der Waals surface area contributed by atoms with Crippen molar-refractivity contribution in [3.8, 4) is 0 Å². The Bertz CT molecular complexity index is 646. The monoisotopic (exact) mass is 368 g/mol. The summed E-state index contributed by atoms with van der Waals surface area (Å²) >= 11 is 0. The molecule has 0 fully saturated rings. The molecule has 1 aliphatic rings. The molecule has 3 rings (SSSR count). The zero-order chi connectivity index (χ0) is 20.5. The van der Waals surface area contributed by atoms with Crippen LogP contribution in [0.3, 0.4) is 0 Å². The van der Waals surface area contributed by atoms with Gasteiger partial charge in [0, 0.05) is 17.1 Å². The topological polar surface area (TPSA) is 34.1 Å². The number of hydrogen-bond donors (Lipinski definition) is 1. The molecule has 2 aromatic rings. The Morgan fingerprint density at radius 3 is 1.93 bits per heavy atom. The quantitative estimate of drug-likeness (QED) is 0.686. The highest BCUT2D eigenvalue weighted by molar-refractivity contribution is 5.17. The van der Waals surface area contributed by atoms with Crippen LogP contribution in [-0.4, -0.2) is 11.2 Å². The summed E-state index contributed by atoms with van der Waals surface area (Å²) in [6.07, 6.45) is 6.05. The van der Waals surface area contributed by atoms with Crippen LogP contribution in [0.25, 0.3) is 0 Å². The maximum atomic E-state index is 5.70. The average molecular weight is 369 g/mol. The van der Waals surface area contributed by atoms with Crippen LogP contribution in [0.15, 0.2) is 72.5 Å². The van der Waals surface area contributed by atoms with Crippen molar-refractivity contribution in [3.63, 3.8) is 0 Å². The molecule has 3 heteroatoms. The Balaban J connectivity index is 0.000000477. The van der Waals surface area contributed by atoms with Crippen molar-refractivity contribution < 1.29 is 4.74 Å². The first-order valence-electron chi connectivity index (χ1n) is 9.81. The van der Waals surface area contributed by atoms with E-state index in [0.29, 0.717) is 6.61 Å². The fraction of sp³-hybridized carbons (Fsp3) is 0.375. The normalized spacial score (nSPS) is 14.0. The van der Waals surface area contributed by atoms with Gasteiger partial charge in [0.05, 0.1) is 6.61 Å². The average Bonchev–Trinajstić information content (AvgIpc) is 2.71. The van der Waals surface area contributed by atoms with E-state index in [1.165, 1.54) is 5.56 Å². The number of rotatable bonds is 3. The molecule has 1 unspecified atom stereocenters. The zero-order valence-electron chi connectivity index (χ0n) is 18.0. The summed E-state index contributed by atoms with van der Waals surface area (Å²) in [4.78, 5) is 4.17. The largest absolute Gasteiger partial charge is 0.360 e. The molecular formula is C24H36N2O. The molecule has 0 saturated heterocycles. The third-order valence-corrected chi connectivity index (χ3v) is 3.30. The number of aryl methyl sites for hydroxylation is 2. The van der Waals surface area contributed by atoms with E-state index in [4.69, 9.17) is 4.74 Å². The summed E-state index contributed by atoms with van der Waals surface area (Å²) in [5.41, 5.74) is 4.51. The van der Waals surface area contributed by atoms with Gasteiger partial charge in [0.25, 0.3) is 0 Å². The summed E-state index contributed by atoms with van der Waals surface area (Å²) < 4.78 is 5.70. The van der Waals surface area contributed by atoms with Gasteiger partial charge in [-0.1, -0.05) is 70.2 Å². The zero-order valence-corrected chi connectivity index (χ0v) is 18.0. The van der Waals surface area contributed by atoms with Gasteiger partial charge in [-0.2, -0.15) is 0 Å². The molecule has 0 amide bonds. The van der Waals surface area contributed by atoms with E-state index in [2.05, 4.69) is 22.4 Å². The first-order valence-corrected chi connectivity index (χ1v) is 9.81. The van der Waals surface area contributed by atoms with Crippen molar-refractivity contribution in [2.45, 2.75) is 61.3 Å². The lowest BCUT2D eigenvalue weighted by Crippen LogP contribution is -2.29. The van der Waals surface area contributed by atoms with Crippen LogP contribution in [-0.2, 0) is 11.3 Å². The third-order valence-electron chi connectivity index (χ3n) is 3.30. The Kier molecular flexibility index (Phi) is 14.4. The molecule has 0 bridgehead atoms. The highest BCUT2D eigenvalue weighted by atomic mass is 16.5. The van der Waals surface area contributed by atoms with Crippen LogP contribution in [0.5, 0.6) is 0 Å². The summed E-state index contributed by atoms with van der Waals surface area (Å²) in [6.45, 7) is 14.7. The summed E-state index contributed by atoms with van der Waals surface area (Å²) in [6, 6.07) is 16.2. The van der Waals surface area contributed by atoms with E-state index >= 15 is 0 Å². The summed E-state index contributed by atoms with van der Waals surface area (Å²) in [5.74, 6) is 0. The molecule has 148 valence electrons. The molecule has 1 aromatic carbocycles. The standard InChI is InChI=1S/C13H15NO.C7H9N.2C2H6/c1-11-6-5-9-13(14-11)15-10-12-7-3-2-4-8-12;1-6-4-3-5-7(2)8-6;2*1-2/h2-9,13-14H,10H2,1H3;3-5H,1-2H3;2*1-2H3. The third kappa shape index (κ3) is 11.8. The van der Waals surface area contributed by atoms with Gasteiger partial charge in [-0.25, -0.2) is 0 Å². The highest BCUT2D eigenvalue weighted by Gasteiger charge is 2.06. The lowest BCUT2D eigenvalue weighted by Gasteiger charge is -2.20. The predicted molar refractivity (Wildman–Crippen MR) is 117 cm³/mol. The maximum absolute atomic E-state index is 5.70. The molecule has 0 saturated carbocycles. The van der Waals surface area contributed by atoms with Gasteiger partial charge < -0.3 is 10.1 Å². The summed E-state index contributed by atoms with van der Waals surface area (Å²) in [5, 5.41) is 3.24. The number of benzene rings is 1. The number of allylic oxidation sites excluding steroid dienone is 3. The second-order valence-electron chi connectivity index (χ2n) is 5.52. The van der Waals surface area contributed by atoms with Crippen molar-refractivity contribution in [3.05, 3.63) is 89.4 Å². The smallest absolute Gasteiger partial charge is 0.147 e. The molecule has 0 aliphatic carbocycles. The molecule has 0 radical (unpaired) electrons. The Labute approximate surface area is 166 Å². The molecule has 1 aromatic heterocycles. The van der Waals surface area contributed by atoms with Crippen LogP contribution in [0, 0.1) is 13.8 Å². The molecule has 0 spiro atoms. The van der Waals surface area contributed by atoms with Crippen LogP contribution in [0.1, 0.15) is 51.6 Å². The van der Waals surface area contributed by atoms with Crippen molar-refractivity contribution in [2.75, 3.05) is 0 Å². The molecule has 2 heterocycles. The van der Waals surface area contributed by atoms with Gasteiger partial charge in [0.15, 0.2) is 0 Å². The molecule has 1 aliphatic heterocycles. The lowest BCUT2D eigenvalue weighted by molar-refractivity contribution is 0.0556. The maximum Gasteiger partial charge on any atom is 0.147 e. The van der Waals surface area contributed by atoms with Crippen LogP contribution < -0.4 is 5.32 Å². The highest BCUT2D eigenvalue weighted by Crippen LogP contribution is 2.07. The van der Waals surface area contributed by atoms with Gasteiger partial charge in [0.1, 0.15) is 6.23 Å². The van der Waals surface area contributed by atoms with Crippen LogP contribution in [0.2, 0.25) is 0 Å². The number of aromatic nitrogens is 1. The van der Waals surface area contributed by atoms with Gasteiger partial charge in [-0.3, -0.25) is 4.98 Å². The lowest BCUT2D eigenvalue weighted by atomic mass is 10.2. The van der Waals surface area contributed by atoms with E-state index in [9.17, 15) is 0 Å². The number of dihydropyridines is 1. The second kappa shape index (κ2) is 15.8. The number of ether oxygens (including phenoxy) is 1. The minimum Gasteiger partial charge on any atom is -0.360 e. The van der Waals surface area contributed by atoms with Crippen molar-refractivity contribution in [1.29, 1.82) is 0 Å². The van der Waals surface area contributed by atoms with Crippen molar-refractivity contribution in [1.82, 2.24) is 10.3 Å². The fourth-order valence-corrected chi connectivity index (χ4v) is 2.16. The van der Waals surface area contributed by atoms with Gasteiger partial charge in [-0.15, -0.1) is 0 Å². The molecule has 27 heavy (non-hydrogen) atoms. The Hall–Kier alpha value is -2.39. The number of nitrogens with one attached hydrogen (secondary N) is 1. The van der Waals surface area contributed by atoms with E-state index < -0.39 is 0 Å². The number of pyridine rings is 1. The SMILES string of the molecule is CC.CC.CC1=CC=CC(OCc2ccccc2)N1.Cc1cccc(C)n1. The molecule has 1 N–H and O–H groups in total. The van der Waals surface area contributed by atoms with Crippen LogP contribution >= 0.6 is 0 Å². The first kappa shape index (κ1) is 24.6. The van der Waals surface area contributed by atoms with Gasteiger partial charge in [0.2, 0.25) is 0 Å². The van der Waals surface area contributed by atoms with E-state index in [1.54, 1.807) is 0 Å². The Morgan fingerprint density at radius 2 is 1.44 bits per heavy atom. The van der Waals surface area contributed by atoms with Crippen LogP contribution in [0.4, 0.5) is 0 Å². The predicted octanol–water partition coefficient (Wildman–Crippen LogP) is 6.34. The van der Waals surface area contributed by atoms with E-state index in [-0.39, 0.29) is 6.23 Å². The molecular weight excluding hydrogens is 332 g/mol. The minimum atomic E-state index is -0.00444. The number of hydrogen-bond acceptors (Lipinski definition) is 3. The van der Waals surface area contributed by atoms with Crippen molar-refractivity contribution in [2.24, 2.45) is 0 Å². The summed E-state index contributed by atoms with van der Waals surface area (Å²) in [7, 11) is 0.